The zero-order valence-electron chi connectivity index (χ0n) is 19.0. The van der Waals surface area contributed by atoms with Crippen LogP contribution in [0.4, 0.5) is 0 Å². The molecule has 32 heavy (non-hydrogen) atoms. The molecule has 172 valence electrons. The predicted molar refractivity (Wildman–Crippen MR) is 127 cm³/mol. The van der Waals surface area contributed by atoms with E-state index in [-0.39, 0.29) is 12.5 Å². The third kappa shape index (κ3) is 8.13. The molecule has 0 unspecified atom stereocenters. The number of ether oxygens (including phenoxy) is 2. The molecule has 1 aliphatic rings. The van der Waals surface area contributed by atoms with Gasteiger partial charge < -0.3 is 25.4 Å². The second kappa shape index (κ2) is 12.6. The maximum Gasteiger partial charge on any atom is 0.258 e. The van der Waals surface area contributed by atoms with Crippen molar-refractivity contribution < 1.29 is 14.3 Å². The SMILES string of the molecule is CCNC(=NCc1ccccc1OCC)NCCc1ccc(OCC(=O)NC2CC2)cc1. The number of rotatable bonds is 12. The highest BCUT2D eigenvalue weighted by Gasteiger charge is 2.23. The number of carbonyl (C=O) groups is 1. The average Bonchev–Trinajstić information content (AvgIpc) is 3.62. The van der Waals surface area contributed by atoms with Crippen molar-refractivity contribution >= 4 is 11.9 Å². The van der Waals surface area contributed by atoms with Gasteiger partial charge in [0.25, 0.3) is 5.91 Å². The molecule has 3 rings (SSSR count). The Bertz CT molecular complexity index is 879. The maximum atomic E-state index is 11.7. The van der Waals surface area contributed by atoms with Crippen LogP contribution in [0.2, 0.25) is 0 Å². The standard InChI is InChI=1S/C25H34N4O3/c1-3-26-25(28-17-20-7-5-6-8-23(20)31-4-2)27-16-15-19-9-13-22(14-10-19)32-18-24(30)29-21-11-12-21/h5-10,13-14,21H,3-4,11-12,15-18H2,1-2H3,(H,29,30)(H2,26,27,28). The molecule has 2 aromatic rings. The van der Waals surface area contributed by atoms with Gasteiger partial charge in [0.15, 0.2) is 12.6 Å². The number of benzene rings is 2. The van der Waals surface area contributed by atoms with Crippen molar-refractivity contribution in [2.45, 2.75) is 45.7 Å². The Hall–Kier alpha value is -3.22. The van der Waals surface area contributed by atoms with Crippen molar-refractivity contribution in [2.24, 2.45) is 4.99 Å². The first-order chi connectivity index (χ1) is 15.7. The predicted octanol–water partition coefficient (Wildman–Crippen LogP) is 3.04. The van der Waals surface area contributed by atoms with E-state index in [0.717, 1.165) is 49.6 Å². The molecular formula is C25H34N4O3. The summed E-state index contributed by atoms with van der Waals surface area (Å²) in [5.41, 5.74) is 2.25. The normalized spacial score (nSPS) is 13.4. The molecule has 7 nitrogen and oxygen atoms in total. The van der Waals surface area contributed by atoms with Gasteiger partial charge in [-0.15, -0.1) is 0 Å². The number of para-hydroxylation sites is 1. The van der Waals surface area contributed by atoms with Crippen molar-refractivity contribution in [3.8, 4) is 11.5 Å². The van der Waals surface area contributed by atoms with Crippen LogP contribution in [0.1, 0.15) is 37.8 Å². The molecular weight excluding hydrogens is 404 g/mol. The molecule has 0 atom stereocenters. The third-order valence-electron chi connectivity index (χ3n) is 4.97. The van der Waals surface area contributed by atoms with Crippen molar-refractivity contribution in [1.82, 2.24) is 16.0 Å². The summed E-state index contributed by atoms with van der Waals surface area (Å²) in [4.78, 5) is 16.4. The van der Waals surface area contributed by atoms with Crippen LogP contribution >= 0.6 is 0 Å². The maximum absolute atomic E-state index is 11.7. The second-order valence-electron chi connectivity index (χ2n) is 7.69. The minimum Gasteiger partial charge on any atom is -0.494 e. The fraction of sp³-hybridized carbons (Fsp3) is 0.440. The van der Waals surface area contributed by atoms with Crippen LogP contribution in [-0.4, -0.2) is 44.2 Å². The molecule has 1 fully saturated rings. The van der Waals surface area contributed by atoms with Gasteiger partial charge in [0.2, 0.25) is 0 Å². The lowest BCUT2D eigenvalue weighted by atomic mass is 10.1. The van der Waals surface area contributed by atoms with Crippen LogP contribution in [0.25, 0.3) is 0 Å². The first-order valence-electron chi connectivity index (χ1n) is 11.4. The molecule has 3 N–H and O–H groups in total. The summed E-state index contributed by atoms with van der Waals surface area (Å²) in [6, 6.07) is 16.2. The monoisotopic (exact) mass is 438 g/mol. The fourth-order valence-corrected chi connectivity index (χ4v) is 3.16. The molecule has 0 spiro atoms. The minimum atomic E-state index is -0.0557. The Balaban J connectivity index is 1.44. The van der Waals surface area contributed by atoms with Gasteiger partial charge in [-0.3, -0.25) is 4.79 Å². The van der Waals surface area contributed by atoms with Gasteiger partial charge in [-0.25, -0.2) is 4.99 Å². The Morgan fingerprint density at radius 1 is 1.03 bits per heavy atom. The molecule has 1 amide bonds. The highest BCUT2D eigenvalue weighted by atomic mass is 16.5. The van der Waals surface area contributed by atoms with Gasteiger partial charge in [-0.2, -0.15) is 0 Å². The Morgan fingerprint density at radius 2 is 1.81 bits per heavy atom. The zero-order valence-corrected chi connectivity index (χ0v) is 19.0. The number of nitrogens with zero attached hydrogens (tertiary/aromatic N) is 1. The lowest BCUT2D eigenvalue weighted by Gasteiger charge is -2.13. The van der Waals surface area contributed by atoms with Crippen LogP contribution in [0.3, 0.4) is 0 Å². The Kier molecular flexibility index (Phi) is 9.22. The average molecular weight is 439 g/mol. The van der Waals surface area contributed by atoms with E-state index in [9.17, 15) is 4.79 Å². The van der Waals surface area contributed by atoms with Crippen molar-refractivity contribution in [3.05, 3.63) is 59.7 Å². The largest absolute Gasteiger partial charge is 0.494 e. The molecule has 0 aliphatic heterocycles. The number of carbonyl (C=O) groups excluding carboxylic acids is 1. The van der Waals surface area contributed by atoms with E-state index < -0.39 is 0 Å². The molecule has 1 aliphatic carbocycles. The quantitative estimate of drug-likeness (QED) is 0.350. The number of amides is 1. The van der Waals surface area contributed by atoms with Crippen LogP contribution in [-0.2, 0) is 17.8 Å². The molecule has 0 saturated heterocycles. The second-order valence-corrected chi connectivity index (χ2v) is 7.69. The molecule has 7 heteroatoms. The van der Waals surface area contributed by atoms with E-state index in [1.807, 2.05) is 55.5 Å². The lowest BCUT2D eigenvalue weighted by Crippen LogP contribution is -2.38. The van der Waals surface area contributed by atoms with Crippen molar-refractivity contribution in [3.63, 3.8) is 0 Å². The highest BCUT2D eigenvalue weighted by Crippen LogP contribution is 2.19. The Morgan fingerprint density at radius 3 is 2.53 bits per heavy atom. The number of aliphatic imine (C=N–C) groups is 1. The van der Waals surface area contributed by atoms with Gasteiger partial charge >= 0.3 is 0 Å². The van der Waals surface area contributed by atoms with E-state index in [1.165, 1.54) is 5.56 Å². The van der Waals surface area contributed by atoms with E-state index in [0.29, 0.717) is 24.9 Å². The number of hydrogen-bond acceptors (Lipinski definition) is 4. The summed E-state index contributed by atoms with van der Waals surface area (Å²) in [5, 5.41) is 9.59. The topological polar surface area (TPSA) is 84.0 Å². The van der Waals surface area contributed by atoms with Gasteiger partial charge in [0.1, 0.15) is 11.5 Å². The van der Waals surface area contributed by atoms with Gasteiger partial charge in [0, 0.05) is 24.7 Å². The molecule has 0 bridgehead atoms. The third-order valence-corrected chi connectivity index (χ3v) is 4.97. The Labute approximate surface area is 190 Å². The van der Waals surface area contributed by atoms with Crippen molar-refractivity contribution in [2.75, 3.05) is 26.3 Å². The molecule has 0 heterocycles. The first-order valence-corrected chi connectivity index (χ1v) is 11.4. The summed E-state index contributed by atoms with van der Waals surface area (Å²) in [6.07, 6.45) is 3.01. The number of hydrogen-bond donors (Lipinski definition) is 3. The van der Waals surface area contributed by atoms with E-state index in [2.05, 4.69) is 22.9 Å². The lowest BCUT2D eigenvalue weighted by molar-refractivity contribution is -0.123. The van der Waals surface area contributed by atoms with Crippen LogP contribution < -0.4 is 25.4 Å². The highest BCUT2D eigenvalue weighted by molar-refractivity contribution is 5.79. The van der Waals surface area contributed by atoms with Gasteiger partial charge in [-0.1, -0.05) is 30.3 Å². The summed E-state index contributed by atoms with van der Waals surface area (Å²) < 4.78 is 11.2. The zero-order chi connectivity index (χ0) is 22.6. The summed E-state index contributed by atoms with van der Waals surface area (Å²) >= 11 is 0. The van der Waals surface area contributed by atoms with Crippen LogP contribution in [0.5, 0.6) is 11.5 Å². The summed E-state index contributed by atoms with van der Waals surface area (Å²) in [7, 11) is 0. The smallest absolute Gasteiger partial charge is 0.258 e. The number of nitrogens with one attached hydrogen (secondary N) is 3. The van der Waals surface area contributed by atoms with Crippen molar-refractivity contribution in [1.29, 1.82) is 0 Å². The molecule has 0 aromatic heterocycles. The first kappa shape index (κ1) is 23.4. The summed E-state index contributed by atoms with van der Waals surface area (Å²) in [5.74, 6) is 2.30. The van der Waals surface area contributed by atoms with E-state index in [4.69, 9.17) is 14.5 Å². The fourth-order valence-electron chi connectivity index (χ4n) is 3.16. The van der Waals surface area contributed by atoms with E-state index >= 15 is 0 Å². The minimum absolute atomic E-state index is 0.0557. The molecule has 0 radical (unpaired) electrons. The van der Waals surface area contributed by atoms with Gasteiger partial charge in [0.05, 0.1) is 13.2 Å². The molecule has 1 saturated carbocycles. The molecule has 2 aromatic carbocycles. The van der Waals surface area contributed by atoms with Crippen LogP contribution in [0.15, 0.2) is 53.5 Å². The summed E-state index contributed by atoms with van der Waals surface area (Å²) in [6.45, 7) is 6.82. The van der Waals surface area contributed by atoms with Gasteiger partial charge in [-0.05, 0) is 56.9 Å². The van der Waals surface area contributed by atoms with Crippen LogP contribution in [0, 0.1) is 0 Å². The number of guanidine groups is 1. The van der Waals surface area contributed by atoms with E-state index in [1.54, 1.807) is 0 Å².